The molecule has 1 aromatic heterocycles. The molecule has 112 valence electrons. The van der Waals surface area contributed by atoms with Crippen molar-refractivity contribution >= 4 is 17.6 Å². The molecule has 0 saturated heterocycles. The highest BCUT2D eigenvalue weighted by Crippen LogP contribution is 2.30. The van der Waals surface area contributed by atoms with Crippen LogP contribution < -0.4 is 0 Å². The molecule has 0 spiro atoms. The van der Waals surface area contributed by atoms with Gasteiger partial charge in [0, 0.05) is 24.8 Å². The van der Waals surface area contributed by atoms with Crippen LogP contribution in [0.3, 0.4) is 0 Å². The fraction of sp³-hybridized carbons (Fsp3) is 0.600. The summed E-state index contributed by atoms with van der Waals surface area (Å²) < 4.78 is 10.5. The molecule has 20 heavy (non-hydrogen) atoms. The summed E-state index contributed by atoms with van der Waals surface area (Å²) in [6, 6.07) is 3.55. The van der Waals surface area contributed by atoms with Crippen molar-refractivity contribution in [1.29, 1.82) is 0 Å². The Kier molecular flexibility index (Phi) is 6.96. The van der Waals surface area contributed by atoms with E-state index < -0.39 is 5.60 Å². The molecule has 1 atom stereocenters. The van der Waals surface area contributed by atoms with E-state index in [-0.39, 0.29) is 5.97 Å². The third kappa shape index (κ3) is 5.10. The van der Waals surface area contributed by atoms with Crippen LogP contribution in [0.15, 0.2) is 18.3 Å². The van der Waals surface area contributed by atoms with Gasteiger partial charge in [0.25, 0.3) is 0 Å². The monoisotopic (exact) mass is 299 g/mol. The number of unbranched alkanes of at least 4 members (excludes halogenated alkanes) is 1. The summed E-state index contributed by atoms with van der Waals surface area (Å²) in [5, 5.41) is 0.643. The summed E-state index contributed by atoms with van der Waals surface area (Å²) in [4.78, 5) is 15.6. The van der Waals surface area contributed by atoms with Crippen molar-refractivity contribution in [2.45, 2.75) is 45.1 Å². The summed E-state index contributed by atoms with van der Waals surface area (Å²) in [7, 11) is 1.66. The number of hydrogen-bond donors (Lipinski definition) is 0. The topological polar surface area (TPSA) is 48.4 Å². The Balaban J connectivity index is 2.52. The van der Waals surface area contributed by atoms with Gasteiger partial charge in [-0.05, 0) is 45.2 Å². The standard InChI is InChI=1S/C15H22ClNO3/c1-4-20-14(18)7-5-6-9-15(2,19-3)13-11-12(16)8-10-17-13/h8,10-11H,4-7,9H2,1-3H3/t15-/m0/s1. The van der Waals surface area contributed by atoms with Gasteiger partial charge in [0.2, 0.25) is 0 Å². The minimum atomic E-state index is -0.487. The number of ether oxygens (including phenoxy) is 2. The Hall–Kier alpha value is -1.13. The second-order valence-electron chi connectivity index (χ2n) is 4.81. The Morgan fingerprint density at radius 1 is 1.45 bits per heavy atom. The van der Waals surface area contributed by atoms with Crippen LogP contribution in [0.5, 0.6) is 0 Å². The molecule has 5 heteroatoms. The van der Waals surface area contributed by atoms with Crippen molar-refractivity contribution in [3.05, 3.63) is 29.0 Å². The van der Waals surface area contributed by atoms with Crippen molar-refractivity contribution in [2.24, 2.45) is 0 Å². The Bertz CT molecular complexity index is 439. The SMILES string of the molecule is CCOC(=O)CCCC[C@](C)(OC)c1cc(Cl)ccn1. The molecular weight excluding hydrogens is 278 g/mol. The zero-order chi connectivity index (χ0) is 15.0. The lowest BCUT2D eigenvalue weighted by atomic mass is 9.94. The van der Waals surface area contributed by atoms with Gasteiger partial charge in [0.1, 0.15) is 5.60 Å². The van der Waals surface area contributed by atoms with Gasteiger partial charge in [0.05, 0.1) is 12.3 Å². The lowest BCUT2D eigenvalue weighted by Crippen LogP contribution is -2.25. The van der Waals surface area contributed by atoms with Crippen molar-refractivity contribution in [3.8, 4) is 0 Å². The van der Waals surface area contributed by atoms with Crippen LogP contribution in [-0.2, 0) is 19.9 Å². The van der Waals surface area contributed by atoms with Crippen LogP contribution in [0.1, 0.15) is 45.2 Å². The number of carbonyl (C=O) groups is 1. The van der Waals surface area contributed by atoms with Gasteiger partial charge < -0.3 is 9.47 Å². The highest BCUT2D eigenvalue weighted by molar-refractivity contribution is 6.30. The first kappa shape index (κ1) is 16.9. The second kappa shape index (κ2) is 8.22. The molecule has 0 aliphatic heterocycles. The average molecular weight is 300 g/mol. The number of rotatable bonds is 8. The smallest absolute Gasteiger partial charge is 0.305 e. The maximum absolute atomic E-state index is 11.3. The number of carbonyl (C=O) groups excluding carboxylic acids is 1. The van der Waals surface area contributed by atoms with Crippen LogP contribution in [0.25, 0.3) is 0 Å². The molecule has 4 nitrogen and oxygen atoms in total. The Morgan fingerprint density at radius 3 is 2.80 bits per heavy atom. The number of esters is 1. The molecular formula is C15H22ClNO3. The molecule has 0 N–H and O–H groups in total. The number of halogens is 1. The second-order valence-corrected chi connectivity index (χ2v) is 5.24. The first-order valence-electron chi connectivity index (χ1n) is 6.84. The Morgan fingerprint density at radius 2 is 2.20 bits per heavy atom. The highest BCUT2D eigenvalue weighted by Gasteiger charge is 2.27. The lowest BCUT2D eigenvalue weighted by molar-refractivity contribution is -0.143. The average Bonchev–Trinajstić information content (AvgIpc) is 2.43. The van der Waals surface area contributed by atoms with E-state index in [9.17, 15) is 4.79 Å². The lowest BCUT2D eigenvalue weighted by Gasteiger charge is -2.27. The van der Waals surface area contributed by atoms with Gasteiger partial charge >= 0.3 is 5.97 Å². The van der Waals surface area contributed by atoms with Crippen molar-refractivity contribution < 1.29 is 14.3 Å². The van der Waals surface area contributed by atoms with E-state index >= 15 is 0 Å². The van der Waals surface area contributed by atoms with Crippen molar-refractivity contribution in [1.82, 2.24) is 4.98 Å². The third-order valence-corrected chi connectivity index (χ3v) is 3.54. The van der Waals surface area contributed by atoms with Crippen LogP contribution in [-0.4, -0.2) is 24.7 Å². The van der Waals surface area contributed by atoms with Gasteiger partial charge in [-0.2, -0.15) is 0 Å². The molecule has 0 aliphatic rings. The van der Waals surface area contributed by atoms with Crippen LogP contribution >= 0.6 is 11.6 Å². The number of hydrogen-bond acceptors (Lipinski definition) is 4. The van der Waals surface area contributed by atoms with Gasteiger partial charge in [-0.25, -0.2) is 0 Å². The van der Waals surface area contributed by atoms with Gasteiger partial charge in [-0.15, -0.1) is 0 Å². The van der Waals surface area contributed by atoms with E-state index in [4.69, 9.17) is 21.1 Å². The van der Waals surface area contributed by atoms with E-state index in [1.165, 1.54) is 0 Å². The number of methoxy groups -OCH3 is 1. The van der Waals surface area contributed by atoms with Crippen LogP contribution in [0.4, 0.5) is 0 Å². The molecule has 0 fully saturated rings. The summed E-state index contributed by atoms with van der Waals surface area (Å²) in [5.74, 6) is -0.146. The molecule has 1 heterocycles. The van der Waals surface area contributed by atoms with E-state index in [2.05, 4.69) is 4.98 Å². The van der Waals surface area contributed by atoms with Crippen LogP contribution in [0.2, 0.25) is 5.02 Å². The van der Waals surface area contributed by atoms with Crippen molar-refractivity contribution in [3.63, 3.8) is 0 Å². The Labute approximate surface area is 125 Å². The fourth-order valence-electron chi connectivity index (χ4n) is 1.99. The summed E-state index contributed by atoms with van der Waals surface area (Å²) in [6.07, 6.45) is 4.52. The first-order chi connectivity index (χ1) is 9.51. The zero-order valence-electron chi connectivity index (χ0n) is 12.3. The summed E-state index contributed by atoms with van der Waals surface area (Å²) in [6.45, 7) is 4.22. The van der Waals surface area contributed by atoms with E-state index in [0.717, 1.165) is 25.0 Å². The van der Waals surface area contributed by atoms with E-state index in [1.807, 2.05) is 19.9 Å². The van der Waals surface area contributed by atoms with E-state index in [1.54, 1.807) is 19.4 Å². The predicted octanol–water partition coefficient (Wildman–Crippen LogP) is 3.72. The maximum Gasteiger partial charge on any atom is 0.305 e. The molecule has 1 aromatic rings. The first-order valence-corrected chi connectivity index (χ1v) is 7.22. The minimum Gasteiger partial charge on any atom is -0.466 e. The molecule has 0 aromatic carbocycles. The zero-order valence-corrected chi connectivity index (χ0v) is 13.1. The molecule has 0 bridgehead atoms. The van der Waals surface area contributed by atoms with Gasteiger partial charge in [0.15, 0.2) is 0 Å². The molecule has 0 saturated carbocycles. The quantitative estimate of drug-likeness (QED) is 0.542. The summed E-state index contributed by atoms with van der Waals surface area (Å²) >= 11 is 5.99. The summed E-state index contributed by atoms with van der Waals surface area (Å²) in [5.41, 5.74) is 0.322. The molecule has 0 aliphatic carbocycles. The maximum atomic E-state index is 11.3. The normalized spacial score (nSPS) is 13.8. The molecule has 0 radical (unpaired) electrons. The van der Waals surface area contributed by atoms with Crippen LogP contribution in [0, 0.1) is 0 Å². The fourth-order valence-corrected chi connectivity index (χ4v) is 2.15. The van der Waals surface area contributed by atoms with Crippen molar-refractivity contribution in [2.75, 3.05) is 13.7 Å². The van der Waals surface area contributed by atoms with Gasteiger partial charge in [-0.1, -0.05) is 11.6 Å². The number of nitrogens with zero attached hydrogens (tertiary/aromatic N) is 1. The van der Waals surface area contributed by atoms with Gasteiger partial charge in [-0.3, -0.25) is 9.78 Å². The van der Waals surface area contributed by atoms with E-state index in [0.29, 0.717) is 18.1 Å². The molecule has 0 unspecified atom stereocenters. The number of aromatic nitrogens is 1. The third-order valence-electron chi connectivity index (χ3n) is 3.30. The predicted molar refractivity (Wildman–Crippen MR) is 78.7 cm³/mol. The minimum absolute atomic E-state index is 0.146. The number of pyridine rings is 1. The molecule has 0 amide bonds. The highest BCUT2D eigenvalue weighted by atomic mass is 35.5. The largest absolute Gasteiger partial charge is 0.466 e. The molecule has 1 rings (SSSR count).